The van der Waals surface area contributed by atoms with Crippen LogP contribution in [0.5, 0.6) is 0 Å². The number of carbonyl (C=O) groups is 1. The number of hydrogen-bond donors (Lipinski definition) is 1. The maximum absolute atomic E-state index is 11.2. The summed E-state index contributed by atoms with van der Waals surface area (Å²) >= 11 is 1.53. The number of unbranched alkanes of at least 4 members (excludes halogenated alkanes) is 14. The molecule has 1 fully saturated rings. The highest BCUT2D eigenvalue weighted by Crippen LogP contribution is 2.29. The lowest BCUT2D eigenvalue weighted by Gasteiger charge is -2.35. The van der Waals surface area contributed by atoms with E-state index in [4.69, 9.17) is 4.74 Å². The fourth-order valence-electron chi connectivity index (χ4n) is 3.91. The van der Waals surface area contributed by atoms with Gasteiger partial charge < -0.3 is 9.84 Å². The van der Waals surface area contributed by atoms with E-state index >= 15 is 0 Å². The Kier molecular flexibility index (Phi) is 15.4. The number of thioether (sulfide) groups is 1. The summed E-state index contributed by atoms with van der Waals surface area (Å²) in [7, 11) is 0. The molecule has 0 saturated carbocycles. The van der Waals surface area contributed by atoms with Gasteiger partial charge in [0.15, 0.2) is 0 Å². The lowest BCUT2D eigenvalue weighted by atomic mass is 9.99. The first-order chi connectivity index (χ1) is 13.2. The van der Waals surface area contributed by atoms with Crippen LogP contribution in [0.25, 0.3) is 0 Å². The first kappa shape index (κ1) is 24.8. The van der Waals surface area contributed by atoms with Crippen LogP contribution >= 0.6 is 11.8 Å². The lowest BCUT2D eigenvalue weighted by Crippen LogP contribution is -2.49. The van der Waals surface area contributed by atoms with Gasteiger partial charge in [-0.2, -0.15) is 0 Å². The SMILES string of the molecule is CCCCCCCCCCCCCCCCC[C@@H](O)C[C@H]1OC(=O)[C@@H]1SC. The van der Waals surface area contributed by atoms with Crippen LogP contribution in [-0.2, 0) is 9.53 Å². The van der Waals surface area contributed by atoms with E-state index in [1.807, 2.05) is 6.26 Å². The third-order valence-corrected chi connectivity index (χ3v) is 6.74. The molecule has 0 spiro atoms. The second-order valence-corrected chi connectivity index (χ2v) is 9.24. The van der Waals surface area contributed by atoms with Crippen LogP contribution < -0.4 is 0 Å². The maximum atomic E-state index is 11.2. The molecule has 0 aliphatic carbocycles. The molecule has 0 unspecified atom stereocenters. The van der Waals surface area contributed by atoms with Gasteiger partial charge in [-0.15, -0.1) is 11.8 Å². The molecule has 0 aromatic heterocycles. The standard InChI is InChI=1S/C23H44O3S/c1-3-4-5-6-7-8-9-10-11-12-13-14-15-16-17-18-20(24)19-21-22(27-2)23(25)26-21/h20-22,24H,3-19H2,1-2H3/t20-,21-,22-/m1/s1. The van der Waals surface area contributed by atoms with Crippen LogP contribution in [0.4, 0.5) is 0 Å². The van der Waals surface area contributed by atoms with E-state index in [2.05, 4.69) is 6.92 Å². The van der Waals surface area contributed by atoms with Crippen molar-refractivity contribution in [3.8, 4) is 0 Å². The number of hydrogen-bond acceptors (Lipinski definition) is 4. The normalized spacial score (nSPS) is 20.3. The van der Waals surface area contributed by atoms with Crippen LogP contribution in [0.1, 0.15) is 116 Å². The fraction of sp³-hybridized carbons (Fsp3) is 0.957. The molecular formula is C23H44O3S. The molecule has 1 aliphatic heterocycles. The molecule has 3 nitrogen and oxygen atoms in total. The van der Waals surface area contributed by atoms with E-state index in [0.717, 1.165) is 12.8 Å². The minimum atomic E-state index is -0.320. The summed E-state index contributed by atoms with van der Waals surface area (Å²) in [5.41, 5.74) is 0. The van der Waals surface area contributed by atoms with Gasteiger partial charge in [-0.1, -0.05) is 103 Å². The lowest BCUT2D eigenvalue weighted by molar-refractivity contribution is -0.169. The number of aliphatic hydroxyl groups is 1. The first-order valence-electron chi connectivity index (χ1n) is 11.6. The zero-order valence-corrected chi connectivity index (χ0v) is 18.7. The summed E-state index contributed by atoms with van der Waals surface area (Å²) in [5, 5.41) is 10.0. The van der Waals surface area contributed by atoms with Gasteiger partial charge in [-0.25, -0.2) is 0 Å². The Morgan fingerprint density at radius 1 is 0.852 bits per heavy atom. The number of rotatable bonds is 19. The molecule has 3 atom stereocenters. The molecular weight excluding hydrogens is 356 g/mol. The molecule has 1 rings (SSSR count). The predicted molar refractivity (Wildman–Crippen MR) is 117 cm³/mol. The quantitative estimate of drug-likeness (QED) is 0.195. The zero-order chi connectivity index (χ0) is 19.7. The van der Waals surface area contributed by atoms with E-state index in [9.17, 15) is 9.90 Å². The second-order valence-electron chi connectivity index (χ2n) is 8.26. The van der Waals surface area contributed by atoms with Crippen molar-refractivity contribution in [3.63, 3.8) is 0 Å². The number of esters is 1. The molecule has 0 radical (unpaired) electrons. The highest BCUT2D eigenvalue weighted by Gasteiger charge is 2.42. The molecule has 1 saturated heterocycles. The molecule has 0 aromatic carbocycles. The van der Waals surface area contributed by atoms with Crippen molar-refractivity contribution in [2.24, 2.45) is 0 Å². The van der Waals surface area contributed by atoms with Gasteiger partial charge in [-0.3, -0.25) is 4.79 Å². The third-order valence-electron chi connectivity index (χ3n) is 5.74. The molecule has 0 aromatic rings. The van der Waals surface area contributed by atoms with Gasteiger partial charge in [0.2, 0.25) is 0 Å². The highest BCUT2D eigenvalue weighted by atomic mass is 32.2. The first-order valence-corrected chi connectivity index (χ1v) is 12.9. The second kappa shape index (κ2) is 16.7. The Morgan fingerprint density at radius 2 is 1.30 bits per heavy atom. The van der Waals surface area contributed by atoms with Crippen LogP contribution in [0.15, 0.2) is 0 Å². The smallest absolute Gasteiger partial charge is 0.323 e. The van der Waals surface area contributed by atoms with Gasteiger partial charge in [0, 0.05) is 6.42 Å². The number of carbonyl (C=O) groups excluding carboxylic acids is 1. The van der Waals surface area contributed by atoms with Crippen molar-refractivity contribution in [2.75, 3.05) is 6.26 Å². The van der Waals surface area contributed by atoms with Crippen LogP contribution in [0.2, 0.25) is 0 Å². The molecule has 27 heavy (non-hydrogen) atoms. The van der Waals surface area contributed by atoms with Gasteiger partial charge >= 0.3 is 5.97 Å². The average molecular weight is 401 g/mol. The highest BCUT2D eigenvalue weighted by molar-refractivity contribution is 8.00. The van der Waals surface area contributed by atoms with Crippen molar-refractivity contribution < 1.29 is 14.6 Å². The monoisotopic (exact) mass is 400 g/mol. The van der Waals surface area contributed by atoms with Gasteiger partial charge in [0.1, 0.15) is 11.4 Å². The Morgan fingerprint density at radius 3 is 1.70 bits per heavy atom. The number of aliphatic hydroxyl groups excluding tert-OH is 1. The molecule has 1 heterocycles. The van der Waals surface area contributed by atoms with Crippen molar-refractivity contribution in [2.45, 2.75) is 134 Å². The van der Waals surface area contributed by atoms with E-state index < -0.39 is 0 Å². The fourth-order valence-corrected chi connectivity index (χ4v) is 4.63. The van der Waals surface area contributed by atoms with Crippen LogP contribution in [0, 0.1) is 0 Å². The average Bonchev–Trinajstić information content (AvgIpc) is 2.64. The zero-order valence-electron chi connectivity index (χ0n) is 17.9. The largest absolute Gasteiger partial charge is 0.460 e. The van der Waals surface area contributed by atoms with Crippen LogP contribution in [-0.4, -0.2) is 34.8 Å². The van der Waals surface area contributed by atoms with Crippen LogP contribution in [0.3, 0.4) is 0 Å². The van der Waals surface area contributed by atoms with Gasteiger partial charge in [0.25, 0.3) is 0 Å². The Balaban J connectivity index is 1.77. The number of ether oxygens (including phenoxy) is 1. The molecule has 0 bridgehead atoms. The maximum Gasteiger partial charge on any atom is 0.323 e. The Bertz CT molecular complexity index is 362. The summed E-state index contributed by atoms with van der Waals surface area (Å²) < 4.78 is 5.12. The van der Waals surface area contributed by atoms with E-state index in [1.54, 1.807) is 0 Å². The van der Waals surface area contributed by atoms with E-state index in [0.29, 0.717) is 6.42 Å². The summed E-state index contributed by atoms with van der Waals surface area (Å²) in [4.78, 5) is 11.2. The molecule has 0 amide bonds. The molecule has 4 heteroatoms. The Hall–Kier alpha value is -0.220. The summed E-state index contributed by atoms with van der Waals surface area (Å²) in [5.74, 6) is -0.119. The van der Waals surface area contributed by atoms with E-state index in [-0.39, 0.29) is 23.4 Å². The summed E-state index contributed by atoms with van der Waals surface area (Å²) in [6.45, 7) is 2.28. The van der Waals surface area contributed by atoms with Crippen molar-refractivity contribution in [1.82, 2.24) is 0 Å². The predicted octanol–water partition coefficient (Wildman–Crippen LogP) is 6.66. The summed E-state index contributed by atoms with van der Waals surface area (Å²) in [6, 6.07) is 0. The third kappa shape index (κ3) is 12.1. The minimum absolute atomic E-state index is 0.0549. The van der Waals surface area contributed by atoms with Crippen molar-refractivity contribution in [3.05, 3.63) is 0 Å². The number of cyclic esters (lactones) is 1. The Labute approximate surface area is 172 Å². The minimum Gasteiger partial charge on any atom is -0.460 e. The molecule has 160 valence electrons. The van der Waals surface area contributed by atoms with Gasteiger partial charge in [-0.05, 0) is 12.7 Å². The molecule has 1 N–H and O–H groups in total. The van der Waals surface area contributed by atoms with Crippen molar-refractivity contribution in [1.29, 1.82) is 0 Å². The van der Waals surface area contributed by atoms with Crippen molar-refractivity contribution >= 4 is 17.7 Å². The van der Waals surface area contributed by atoms with E-state index in [1.165, 1.54) is 102 Å². The molecule has 1 aliphatic rings. The van der Waals surface area contributed by atoms with Gasteiger partial charge in [0.05, 0.1) is 6.10 Å². The summed E-state index contributed by atoms with van der Waals surface area (Å²) in [6.07, 6.45) is 23.4. The topological polar surface area (TPSA) is 46.5 Å².